The normalized spacial score (nSPS) is 12.8. The van der Waals surface area contributed by atoms with E-state index in [9.17, 15) is 9.90 Å². The van der Waals surface area contributed by atoms with Crippen molar-refractivity contribution >= 4 is 33.0 Å². The minimum absolute atomic E-state index is 0.0875. The molecule has 4 N–H and O–H groups in total. The molecule has 0 aliphatic heterocycles. The van der Waals surface area contributed by atoms with Crippen LogP contribution in [0.5, 0.6) is 0 Å². The van der Waals surface area contributed by atoms with E-state index in [0.717, 1.165) is 10.1 Å². The fraction of sp³-hybridized carbons (Fsp3) is 0.385. The number of fused-ring (bicyclic) bond motifs is 1. The number of amides is 1. The fourth-order valence-corrected chi connectivity index (χ4v) is 2.79. The van der Waals surface area contributed by atoms with Crippen molar-refractivity contribution in [3.8, 4) is 0 Å². The number of nitrogens with two attached hydrogens (primary N) is 1. The summed E-state index contributed by atoms with van der Waals surface area (Å²) in [6.45, 7) is 3.80. The Hall–Kier alpha value is -1.66. The lowest BCUT2D eigenvalue weighted by Gasteiger charge is -2.19. The molecule has 0 aliphatic carbocycles. The van der Waals surface area contributed by atoms with E-state index in [2.05, 4.69) is 10.3 Å². The first kappa shape index (κ1) is 13.8. The summed E-state index contributed by atoms with van der Waals surface area (Å²) in [4.78, 5) is 16.7. The summed E-state index contributed by atoms with van der Waals surface area (Å²) in [5, 5.41) is 12.9. The van der Waals surface area contributed by atoms with Crippen molar-refractivity contribution in [2.45, 2.75) is 19.9 Å². The molecule has 2 aromatic heterocycles. The first-order chi connectivity index (χ1) is 9.04. The Morgan fingerprint density at radius 1 is 1.58 bits per heavy atom. The fourth-order valence-electron chi connectivity index (χ4n) is 1.80. The minimum atomic E-state index is -0.268. The van der Waals surface area contributed by atoms with Gasteiger partial charge in [-0.25, -0.2) is 0 Å². The molecule has 0 unspecified atom stereocenters. The molecule has 0 saturated carbocycles. The number of thiophene rings is 1. The van der Waals surface area contributed by atoms with Gasteiger partial charge in [0.15, 0.2) is 0 Å². The van der Waals surface area contributed by atoms with Crippen LogP contribution in [0.3, 0.4) is 0 Å². The van der Waals surface area contributed by atoms with Crippen molar-refractivity contribution in [3.05, 3.63) is 23.3 Å². The Kier molecular flexibility index (Phi) is 4.01. The highest BCUT2D eigenvalue weighted by Gasteiger charge is 2.20. The quantitative estimate of drug-likeness (QED) is 0.793. The van der Waals surface area contributed by atoms with Crippen molar-refractivity contribution in [3.63, 3.8) is 0 Å². The van der Waals surface area contributed by atoms with Gasteiger partial charge in [0.2, 0.25) is 0 Å². The average molecular weight is 279 g/mol. The Morgan fingerprint density at radius 3 is 2.89 bits per heavy atom. The molecule has 6 heteroatoms. The smallest absolute Gasteiger partial charge is 0.263 e. The van der Waals surface area contributed by atoms with Crippen LogP contribution in [0, 0.1) is 5.92 Å². The number of hydrogen-bond donors (Lipinski definition) is 3. The topological polar surface area (TPSA) is 88.2 Å². The highest BCUT2D eigenvalue weighted by molar-refractivity contribution is 7.21. The zero-order chi connectivity index (χ0) is 14.0. The van der Waals surface area contributed by atoms with Crippen LogP contribution in [0.25, 0.3) is 10.1 Å². The van der Waals surface area contributed by atoms with Gasteiger partial charge in [-0.3, -0.25) is 9.78 Å². The molecule has 102 valence electrons. The minimum Gasteiger partial charge on any atom is -0.397 e. The van der Waals surface area contributed by atoms with E-state index in [1.807, 2.05) is 13.8 Å². The predicted molar refractivity (Wildman–Crippen MR) is 77.2 cm³/mol. The Balaban J connectivity index is 2.29. The highest BCUT2D eigenvalue weighted by Crippen LogP contribution is 2.32. The highest BCUT2D eigenvalue weighted by atomic mass is 32.1. The molecule has 0 saturated heterocycles. The average Bonchev–Trinajstić information content (AvgIpc) is 2.73. The van der Waals surface area contributed by atoms with Crippen molar-refractivity contribution in [2.75, 3.05) is 12.3 Å². The van der Waals surface area contributed by atoms with Crippen molar-refractivity contribution in [2.24, 2.45) is 5.92 Å². The van der Waals surface area contributed by atoms with E-state index in [1.165, 1.54) is 11.3 Å². The Bertz CT molecular complexity index is 595. The van der Waals surface area contributed by atoms with Crippen LogP contribution < -0.4 is 11.1 Å². The van der Waals surface area contributed by atoms with Crippen LogP contribution in [0.15, 0.2) is 18.5 Å². The summed E-state index contributed by atoms with van der Waals surface area (Å²) in [6, 6.07) is 1.53. The third kappa shape index (κ3) is 2.69. The first-order valence-corrected chi connectivity index (χ1v) is 6.90. The third-order valence-electron chi connectivity index (χ3n) is 3.06. The van der Waals surface area contributed by atoms with Crippen LogP contribution in [0.2, 0.25) is 0 Å². The van der Waals surface area contributed by atoms with Gasteiger partial charge in [-0.2, -0.15) is 0 Å². The van der Waals surface area contributed by atoms with Crippen LogP contribution in [0.4, 0.5) is 5.69 Å². The lowest BCUT2D eigenvalue weighted by Crippen LogP contribution is -2.41. The summed E-state index contributed by atoms with van der Waals surface area (Å²) < 4.78 is 0.884. The number of pyridine rings is 1. The number of carbonyl (C=O) groups excluding carboxylic acids is 1. The number of nitrogen functional groups attached to an aromatic ring is 1. The van der Waals surface area contributed by atoms with Crippen molar-refractivity contribution in [1.29, 1.82) is 0 Å². The molecule has 1 atom stereocenters. The van der Waals surface area contributed by atoms with Crippen LogP contribution >= 0.6 is 11.3 Å². The lowest BCUT2D eigenvalue weighted by atomic mass is 10.1. The molecule has 0 radical (unpaired) electrons. The van der Waals surface area contributed by atoms with Crippen molar-refractivity contribution in [1.82, 2.24) is 10.3 Å². The molecule has 0 spiro atoms. The van der Waals surface area contributed by atoms with E-state index in [0.29, 0.717) is 10.6 Å². The second-order valence-electron chi connectivity index (χ2n) is 4.72. The van der Waals surface area contributed by atoms with Gasteiger partial charge in [-0.1, -0.05) is 13.8 Å². The molecule has 2 heterocycles. The molecule has 0 aromatic carbocycles. The molecular formula is C13H17N3O2S. The van der Waals surface area contributed by atoms with Gasteiger partial charge < -0.3 is 16.2 Å². The summed E-state index contributed by atoms with van der Waals surface area (Å²) in [6.07, 6.45) is 3.34. The predicted octanol–water partition coefficient (Wildman–Crippen LogP) is 1.63. The number of aromatic nitrogens is 1. The number of aliphatic hydroxyl groups is 1. The summed E-state index contributed by atoms with van der Waals surface area (Å²) in [5.41, 5.74) is 6.47. The number of rotatable bonds is 4. The third-order valence-corrected chi connectivity index (χ3v) is 4.21. The summed E-state index contributed by atoms with van der Waals surface area (Å²) >= 11 is 1.32. The van der Waals surface area contributed by atoms with E-state index < -0.39 is 0 Å². The summed E-state index contributed by atoms with van der Waals surface area (Å²) in [5.74, 6) is -0.0855. The number of hydrogen-bond acceptors (Lipinski definition) is 5. The van der Waals surface area contributed by atoms with Crippen LogP contribution in [0.1, 0.15) is 23.5 Å². The Morgan fingerprint density at radius 2 is 2.32 bits per heavy atom. The number of anilines is 1. The van der Waals surface area contributed by atoms with Gasteiger partial charge in [-0.05, 0) is 12.0 Å². The maximum atomic E-state index is 12.2. The molecule has 0 bridgehead atoms. The van der Waals surface area contributed by atoms with E-state index >= 15 is 0 Å². The van der Waals surface area contributed by atoms with Gasteiger partial charge >= 0.3 is 0 Å². The molecule has 0 fully saturated rings. The van der Waals surface area contributed by atoms with Gasteiger partial charge in [-0.15, -0.1) is 11.3 Å². The zero-order valence-electron chi connectivity index (χ0n) is 10.9. The standard InChI is InChI=1S/C13H17N3O2S/c1-7(2)9(6-17)16-13(18)12-11(14)8-3-4-15-5-10(8)19-12/h3-5,7,9,17H,6,14H2,1-2H3,(H,16,18)/t9-/m1/s1. The van der Waals surface area contributed by atoms with Crippen LogP contribution in [-0.2, 0) is 0 Å². The second-order valence-corrected chi connectivity index (χ2v) is 5.78. The SMILES string of the molecule is CC(C)[C@@H](CO)NC(=O)c1sc2cnccc2c1N. The monoisotopic (exact) mass is 279 g/mol. The van der Waals surface area contributed by atoms with Crippen molar-refractivity contribution < 1.29 is 9.90 Å². The Labute approximate surface area is 115 Å². The zero-order valence-corrected chi connectivity index (χ0v) is 11.7. The molecule has 0 aliphatic rings. The maximum absolute atomic E-state index is 12.2. The number of carbonyl (C=O) groups is 1. The van der Waals surface area contributed by atoms with E-state index in [4.69, 9.17) is 5.73 Å². The number of aliphatic hydroxyl groups excluding tert-OH is 1. The van der Waals surface area contributed by atoms with E-state index in [1.54, 1.807) is 18.5 Å². The second kappa shape index (κ2) is 5.54. The van der Waals surface area contributed by atoms with Crippen LogP contribution in [-0.4, -0.2) is 28.6 Å². The largest absolute Gasteiger partial charge is 0.397 e. The van der Waals surface area contributed by atoms with Gasteiger partial charge in [0.05, 0.1) is 23.0 Å². The number of nitrogens with one attached hydrogen (secondary N) is 1. The molecule has 2 aromatic rings. The number of nitrogens with zero attached hydrogens (tertiary/aromatic N) is 1. The first-order valence-electron chi connectivity index (χ1n) is 6.08. The van der Waals surface area contributed by atoms with Gasteiger partial charge in [0.1, 0.15) is 4.88 Å². The summed E-state index contributed by atoms with van der Waals surface area (Å²) in [7, 11) is 0. The molecule has 5 nitrogen and oxygen atoms in total. The van der Waals surface area contributed by atoms with Gasteiger partial charge in [0, 0.05) is 17.8 Å². The van der Waals surface area contributed by atoms with Gasteiger partial charge in [0.25, 0.3) is 5.91 Å². The molecule has 19 heavy (non-hydrogen) atoms. The maximum Gasteiger partial charge on any atom is 0.263 e. The molecule has 2 rings (SSSR count). The molecular weight excluding hydrogens is 262 g/mol. The molecule has 1 amide bonds. The lowest BCUT2D eigenvalue weighted by molar-refractivity contribution is 0.0902. The van der Waals surface area contributed by atoms with E-state index in [-0.39, 0.29) is 24.5 Å².